The number of hydrogen-bond acceptors (Lipinski definition) is 5. The SMILES string of the molecule is CCn1c(SCC(=O)Nc2ccc(Cl)c(Cl)c2)nnc1-c1ccccc1O. The fourth-order valence-electron chi connectivity index (χ4n) is 2.44. The topological polar surface area (TPSA) is 80.0 Å². The van der Waals surface area contributed by atoms with Gasteiger partial charge in [-0.05, 0) is 37.3 Å². The lowest BCUT2D eigenvalue weighted by Crippen LogP contribution is -2.14. The molecule has 3 rings (SSSR count). The number of para-hydroxylation sites is 1. The number of benzene rings is 2. The van der Waals surface area contributed by atoms with Gasteiger partial charge < -0.3 is 15.0 Å². The number of amides is 1. The summed E-state index contributed by atoms with van der Waals surface area (Å²) >= 11 is 13.1. The third-order valence-corrected chi connectivity index (χ3v) is 5.42. The number of hydrogen-bond donors (Lipinski definition) is 2. The van der Waals surface area contributed by atoms with Crippen molar-refractivity contribution in [3.63, 3.8) is 0 Å². The first-order chi connectivity index (χ1) is 13.0. The van der Waals surface area contributed by atoms with Crippen LogP contribution in [0.15, 0.2) is 47.6 Å². The monoisotopic (exact) mass is 422 g/mol. The van der Waals surface area contributed by atoms with Crippen LogP contribution in [0.3, 0.4) is 0 Å². The molecule has 0 unspecified atom stereocenters. The molecular formula is C18H16Cl2N4O2S. The van der Waals surface area contributed by atoms with Crippen LogP contribution in [0.4, 0.5) is 5.69 Å². The Labute approximate surface area is 170 Å². The standard InChI is InChI=1S/C18H16Cl2N4O2S/c1-2-24-17(12-5-3-4-6-15(12)25)22-23-18(24)27-10-16(26)21-11-7-8-13(19)14(20)9-11/h3-9,25H,2,10H2,1H3,(H,21,26). The van der Waals surface area contributed by atoms with Crippen LogP contribution in [0.5, 0.6) is 5.75 Å². The number of phenols is 1. The molecule has 9 heteroatoms. The van der Waals surface area contributed by atoms with Crippen molar-refractivity contribution < 1.29 is 9.90 Å². The maximum Gasteiger partial charge on any atom is 0.234 e. The van der Waals surface area contributed by atoms with Gasteiger partial charge in [0, 0.05) is 12.2 Å². The Kier molecular flexibility index (Phi) is 6.26. The van der Waals surface area contributed by atoms with Crippen LogP contribution in [0, 0.1) is 0 Å². The molecule has 0 radical (unpaired) electrons. The number of thioether (sulfide) groups is 1. The molecule has 0 fully saturated rings. The van der Waals surface area contributed by atoms with Crippen molar-refractivity contribution in [2.24, 2.45) is 0 Å². The Bertz CT molecular complexity index is 978. The van der Waals surface area contributed by atoms with E-state index in [0.717, 1.165) is 0 Å². The second kappa shape index (κ2) is 8.65. The first kappa shape index (κ1) is 19.5. The van der Waals surface area contributed by atoms with E-state index in [1.54, 1.807) is 36.4 Å². The van der Waals surface area contributed by atoms with Crippen molar-refractivity contribution in [3.8, 4) is 17.1 Å². The van der Waals surface area contributed by atoms with Crippen LogP contribution in [0.25, 0.3) is 11.4 Å². The summed E-state index contributed by atoms with van der Waals surface area (Å²) in [7, 11) is 0. The molecule has 0 saturated carbocycles. The fourth-order valence-corrected chi connectivity index (χ4v) is 3.54. The molecule has 0 aliphatic rings. The predicted molar refractivity (Wildman–Crippen MR) is 109 cm³/mol. The van der Waals surface area contributed by atoms with Gasteiger partial charge in [0.05, 0.1) is 21.4 Å². The first-order valence-corrected chi connectivity index (χ1v) is 9.83. The molecular weight excluding hydrogens is 407 g/mol. The van der Waals surface area contributed by atoms with Gasteiger partial charge in [0.2, 0.25) is 5.91 Å². The summed E-state index contributed by atoms with van der Waals surface area (Å²) in [5.41, 5.74) is 1.17. The minimum atomic E-state index is -0.201. The van der Waals surface area contributed by atoms with Crippen LogP contribution in [-0.2, 0) is 11.3 Å². The van der Waals surface area contributed by atoms with E-state index >= 15 is 0 Å². The second-order valence-electron chi connectivity index (χ2n) is 5.53. The number of aromatic hydroxyl groups is 1. The van der Waals surface area contributed by atoms with Crippen molar-refractivity contribution in [1.29, 1.82) is 0 Å². The third-order valence-electron chi connectivity index (χ3n) is 3.71. The highest BCUT2D eigenvalue weighted by atomic mass is 35.5. The summed E-state index contributed by atoms with van der Waals surface area (Å²) < 4.78 is 1.85. The largest absolute Gasteiger partial charge is 0.507 e. The Balaban J connectivity index is 1.70. The highest BCUT2D eigenvalue weighted by Crippen LogP contribution is 2.30. The summed E-state index contributed by atoms with van der Waals surface area (Å²) in [4.78, 5) is 12.2. The number of carbonyl (C=O) groups excluding carboxylic acids is 1. The van der Waals surface area contributed by atoms with Gasteiger partial charge in [0.25, 0.3) is 0 Å². The number of rotatable bonds is 6. The summed E-state index contributed by atoms with van der Waals surface area (Å²) in [5, 5.41) is 22.5. The number of halogens is 2. The van der Waals surface area contributed by atoms with Crippen LogP contribution in [-0.4, -0.2) is 31.5 Å². The van der Waals surface area contributed by atoms with Gasteiger partial charge >= 0.3 is 0 Å². The van der Waals surface area contributed by atoms with Gasteiger partial charge in [-0.2, -0.15) is 0 Å². The Hall–Kier alpha value is -2.22. The van der Waals surface area contributed by atoms with Crippen molar-refractivity contribution in [2.75, 3.05) is 11.1 Å². The average molecular weight is 423 g/mol. The normalized spacial score (nSPS) is 10.8. The molecule has 27 heavy (non-hydrogen) atoms. The van der Waals surface area contributed by atoms with Crippen LogP contribution < -0.4 is 5.32 Å². The lowest BCUT2D eigenvalue weighted by atomic mass is 10.2. The number of phenolic OH excluding ortho intramolecular Hbond substituents is 1. The molecule has 0 atom stereocenters. The fraction of sp³-hybridized carbons (Fsp3) is 0.167. The number of nitrogens with zero attached hydrogens (tertiary/aromatic N) is 3. The predicted octanol–water partition coefficient (Wildman–Crippen LogP) is 4.71. The zero-order chi connectivity index (χ0) is 19.4. The molecule has 2 aromatic carbocycles. The molecule has 140 valence electrons. The van der Waals surface area contributed by atoms with E-state index in [0.29, 0.717) is 38.8 Å². The third kappa shape index (κ3) is 4.55. The lowest BCUT2D eigenvalue weighted by Gasteiger charge is -2.09. The Morgan fingerprint density at radius 2 is 1.96 bits per heavy atom. The number of carbonyl (C=O) groups is 1. The van der Waals surface area contributed by atoms with Gasteiger partial charge in [-0.1, -0.05) is 47.1 Å². The molecule has 0 bridgehead atoms. The molecule has 1 amide bonds. The molecule has 2 N–H and O–H groups in total. The van der Waals surface area contributed by atoms with E-state index in [1.807, 2.05) is 17.6 Å². The minimum Gasteiger partial charge on any atom is -0.507 e. The maximum atomic E-state index is 12.2. The summed E-state index contributed by atoms with van der Waals surface area (Å²) in [6.07, 6.45) is 0. The Morgan fingerprint density at radius 1 is 1.19 bits per heavy atom. The average Bonchev–Trinajstić information content (AvgIpc) is 3.06. The smallest absolute Gasteiger partial charge is 0.234 e. The molecule has 1 heterocycles. The molecule has 1 aromatic heterocycles. The van der Waals surface area contributed by atoms with Crippen molar-refractivity contribution in [1.82, 2.24) is 14.8 Å². The van der Waals surface area contributed by atoms with E-state index in [9.17, 15) is 9.90 Å². The second-order valence-corrected chi connectivity index (χ2v) is 7.29. The highest BCUT2D eigenvalue weighted by Gasteiger charge is 2.16. The van der Waals surface area contributed by atoms with E-state index in [1.165, 1.54) is 11.8 Å². The summed E-state index contributed by atoms with van der Waals surface area (Å²) in [5.74, 6) is 0.642. The lowest BCUT2D eigenvalue weighted by molar-refractivity contribution is -0.113. The zero-order valence-electron chi connectivity index (χ0n) is 14.3. The molecule has 0 spiro atoms. The van der Waals surface area contributed by atoms with Crippen molar-refractivity contribution in [3.05, 3.63) is 52.5 Å². The molecule has 0 aliphatic carbocycles. The van der Waals surface area contributed by atoms with Crippen molar-refractivity contribution in [2.45, 2.75) is 18.6 Å². The molecule has 6 nitrogen and oxygen atoms in total. The zero-order valence-corrected chi connectivity index (χ0v) is 16.6. The number of aromatic nitrogens is 3. The van der Waals surface area contributed by atoms with E-state index in [2.05, 4.69) is 15.5 Å². The molecule has 0 aliphatic heterocycles. The summed E-state index contributed by atoms with van der Waals surface area (Å²) in [6, 6.07) is 11.8. The van der Waals surface area contributed by atoms with Crippen LogP contribution in [0.2, 0.25) is 10.0 Å². The highest BCUT2D eigenvalue weighted by molar-refractivity contribution is 7.99. The van der Waals surface area contributed by atoms with E-state index < -0.39 is 0 Å². The van der Waals surface area contributed by atoms with Gasteiger partial charge in [0.1, 0.15) is 5.75 Å². The van der Waals surface area contributed by atoms with Crippen molar-refractivity contribution >= 4 is 46.6 Å². The van der Waals surface area contributed by atoms with Gasteiger partial charge in [-0.15, -0.1) is 10.2 Å². The van der Waals surface area contributed by atoms with Gasteiger partial charge in [-0.25, -0.2) is 0 Å². The van der Waals surface area contributed by atoms with Crippen LogP contribution in [0.1, 0.15) is 6.92 Å². The van der Waals surface area contributed by atoms with E-state index in [-0.39, 0.29) is 17.4 Å². The van der Waals surface area contributed by atoms with Crippen LogP contribution >= 0.6 is 35.0 Å². The molecule has 0 saturated heterocycles. The van der Waals surface area contributed by atoms with Gasteiger partial charge in [0.15, 0.2) is 11.0 Å². The number of anilines is 1. The Morgan fingerprint density at radius 3 is 2.67 bits per heavy atom. The van der Waals surface area contributed by atoms with Gasteiger partial charge in [-0.3, -0.25) is 4.79 Å². The minimum absolute atomic E-state index is 0.133. The number of nitrogens with one attached hydrogen (secondary N) is 1. The first-order valence-electron chi connectivity index (χ1n) is 8.09. The van der Waals surface area contributed by atoms with E-state index in [4.69, 9.17) is 23.2 Å². The molecule has 3 aromatic rings. The maximum absolute atomic E-state index is 12.2. The summed E-state index contributed by atoms with van der Waals surface area (Å²) in [6.45, 7) is 2.56. The quantitative estimate of drug-likeness (QED) is 0.562.